The summed E-state index contributed by atoms with van der Waals surface area (Å²) in [6.07, 6.45) is -16.1. The van der Waals surface area contributed by atoms with Gasteiger partial charge in [-0.05, 0) is 105 Å². The number of hydrogen-bond donors (Lipinski definition) is 12. The molecule has 8 aliphatic rings. The Balaban J connectivity index is 0.852. The van der Waals surface area contributed by atoms with Crippen molar-refractivity contribution in [2.75, 3.05) is 19.8 Å². The first kappa shape index (κ1) is 49.7. The fraction of sp³-hybridized carbons (Fsp3) is 1.00. The van der Waals surface area contributed by atoms with Gasteiger partial charge in [-0.25, -0.2) is 0 Å². The van der Waals surface area contributed by atoms with E-state index in [0.717, 1.165) is 32.1 Å². The van der Waals surface area contributed by atoms with Gasteiger partial charge < -0.3 is 94.4 Å². The van der Waals surface area contributed by atoms with Crippen LogP contribution in [0.15, 0.2) is 0 Å². The number of rotatable bonds is 12. The van der Waals surface area contributed by atoms with Gasteiger partial charge in [0.2, 0.25) is 0 Å². The van der Waals surface area contributed by atoms with Gasteiger partial charge in [-0.3, -0.25) is 0 Å². The van der Waals surface area contributed by atoms with Crippen molar-refractivity contribution in [2.24, 2.45) is 52.3 Å². The average molecular weight is 921 g/mol. The molecule has 0 radical (unpaired) electrons. The Labute approximate surface area is 374 Å². The molecule has 8 fully saturated rings. The molecule has 0 aromatic carbocycles. The van der Waals surface area contributed by atoms with Gasteiger partial charge in [-0.1, -0.05) is 27.7 Å². The maximum absolute atomic E-state index is 12.0. The van der Waals surface area contributed by atoms with Crippen LogP contribution in [0.3, 0.4) is 0 Å². The summed E-state index contributed by atoms with van der Waals surface area (Å²) >= 11 is 0. The fourth-order valence-corrected chi connectivity index (χ4v) is 14.2. The van der Waals surface area contributed by atoms with Crippen molar-refractivity contribution < 1.29 is 94.4 Å². The van der Waals surface area contributed by atoms with Crippen LogP contribution in [0, 0.1) is 52.3 Å². The van der Waals surface area contributed by atoms with E-state index in [4.69, 9.17) is 33.2 Å². The highest BCUT2D eigenvalue weighted by atomic mass is 16.7. The van der Waals surface area contributed by atoms with E-state index >= 15 is 0 Å². The summed E-state index contributed by atoms with van der Waals surface area (Å²) in [7, 11) is 0. The molecule has 19 heteroatoms. The van der Waals surface area contributed by atoms with E-state index in [1.807, 2.05) is 6.92 Å². The first-order valence-corrected chi connectivity index (χ1v) is 23.8. The van der Waals surface area contributed by atoms with E-state index in [9.17, 15) is 61.3 Å². The van der Waals surface area contributed by atoms with Gasteiger partial charge in [0.1, 0.15) is 67.1 Å². The molecule has 1 unspecified atom stereocenters. The molecule has 28 atom stereocenters. The molecule has 370 valence electrons. The number of aliphatic hydroxyl groups is 12. The van der Waals surface area contributed by atoms with Crippen molar-refractivity contribution in [3.63, 3.8) is 0 Å². The second-order valence-corrected chi connectivity index (χ2v) is 21.6. The van der Waals surface area contributed by atoms with E-state index in [-0.39, 0.29) is 47.2 Å². The molecule has 12 N–H and O–H groups in total. The number of aliphatic hydroxyl groups excluding tert-OH is 11. The zero-order valence-electron chi connectivity index (χ0n) is 37.6. The molecule has 0 aromatic heterocycles. The predicted octanol–water partition coefficient (Wildman–Crippen LogP) is -1.78. The van der Waals surface area contributed by atoms with Crippen molar-refractivity contribution in [3.8, 4) is 0 Å². The predicted molar refractivity (Wildman–Crippen MR) is 219 cm³/mol. The zero-order valence-corrected chi connectivity index (χ0v) is 37.6. The molecule has 4 aliphatic heterocycles. The molecule has 4 aliphatic carbocycles. The van der Waals surface area contributed by atoms with Crippen LogP contribution in [0.4, 0.5) is 0 Å². The molecule has 64 heavy (non-hydrogen) atoms. The van der Waals surface area contributed by atoms with Gasteiger partial charge >= 0.3 is 0 Å². The van der Waals surface area contributed by atoms with Crippen LogP contribution in [0.5, 0.6) is 0 Å². The summed E-state index contributed by atoms with van der Waals surface area (Å²) in [6, 6.07) is 0. The Bertz CT molecular complexity index is 1580. The van der Waals surface area contributed by atoms with Crippen LogP contribution in [0.25, 0.3) is 0 Å². The third-order valence-electron chi connectivity index (χ3n) is 18.0. The van der Waals surface area contributed by atoms with Crippen molar-refractivity contribution in [2.45, 2.75) is 209 Å². The summed E-state index contributed by atoms with van der Waals surface area (Å²) in [4.78, 5) is 0. The van der Waals surface area contributed by atoms with Crippen LogP contribution in [0.1, 0.15) is 92.4 Å². The molecule has 8 rings (SSSR count). The molecule has 0 bridgehead atoms. The molecule has 0 spiro atoms. The van der Waals surface area contributed by atoms with Crippen molar-refractivity contribution >= 4 is 0 Å². The maximum Gasteiger partial charge on any atom is 0.187 e. The van der Waals surface area contributed by atoms with Crippen molar-refractivity contribution in [1.29, 1.82) is 0 Å². The highest BCUT2D eigenvalue weighted by Gasteiger charge is 2.69. The lowest BCUT2D eigenvalue weighted by molar-refractivity contribution is -0.364. The summed E-state index contributed by atoms with van der Waals surface area (Å²) in [6.45, 7) is 9.19. The Hall–Kier alpha value is -0.760. The standard InChI is InChI=1S/C45H76O19/c1-18(17-58-40-36(54)34(52)32(50)28(15-46)61-40)8-11-45(57)19(2)30-27(64-45)13-24-22-7-6-21-12-26(25(48)14-44(21,5)23(22)9-10-43(24,30)4)60-42-38(56)35(53)39(29(16-47)62-42)63-41-37(55)33(51)31(49)20(3)59-41/h18-42,46-57H,6-17H2,1-5H3/t18-,19-,20-,21-,22+,23-,24-,25+,26+,27-,28+,29+,30-,31-,32+,33+,34-,35+,36+,37+,38+,39+,40+,41-,42+,43-,44-,45?/m0/s1. The van der Waals surface area contributed by atoms with E-state index in [2.05, 4.69) is 20.8 Å². The van der Waals surface area contributed by atoms with Crippen LogP contribution in [-0.4, -0.2) is 197 Å². The lowest BCUT2D eigenvalue weighted by Gasteiger charge is -2.62. The fourth-order valence-electron chi connectivity index (χ4n) is 14.2. The monoisotopic (exact) mass is 920 g/mol. The zero-order chi connectivity index (χ0) is 46.4. The van der Waals surface area contributed by atoms with Gasteiger partial charge in [-0.2, -0.15) is 0 Å². The second-order valence-electron chi connectivity index (χ2n) is 21.6. The minimum atomic E-state index is -1.67. The topological polar surface area (TPSA) is 307 Å². The Morgan fingerprint density at radius 3 is 2.02 bits per heavy atom. The summed E-state index contributed by atoms with van der Waals surface area (Å²) in [5, 5.41) is 127. The van der Waals surface area contributed by atoms with Crippen LogP contribution >= 0.6 is 0 Å². The highest BCUT2D eigenvalue weighted by Crippen LogP contribution is 2.71. The quantitative estimate of drug-likeness (QED) is 0.0964. The SMILES string of the molecule is C[C@@H](CCC1(O)O[C@H]2C[C@H]3[C@@H]4CC[C@H]5C[C@@H](O[C@@H]6O[C@H](CO)[C@@H](O[C@@H]7O[C@@H](C)[C@H](O)[C@@H](O)[C@H]7O)[C@H](O)[C@H]6O)[C@H](O)C[C@]5(C)[C@H]4CC[C@]3(C)[C@H]2[C@@H]1C)CO[C@@H]1O[C@H](CO)[C@@H](O)[C@H](O)[C@H]1O. The third kappa shape index (κ3) is 8.55. The molecule has 0 amide bonds. The molecule has 0 aromatic rings. The highest BCUT2D eigenvalue weighted by molar-refractivity contribution is 5.15. The first-order valence-electron chi connectivity index (χ1n) is 23.8. The Kier molecular flexibility index (Phi) is 14.6. The van der Waals surface area contributed by atoms with E-state index in [1.54, 1.807) is 0 Å². The van der Waals surface area contributed by atoms with E-state index < -0.39 is 123 Å². The van der Waals surface area contributed by atoms with Gasteiger partial charge in [0, 0.05) is 12.3 Å². The third-order valence-corrected chi connectivity index (χ3v) is 18.0. The van der Waals surface area contributed by atoms with Crippen LogP contribution in [-0.2, 0) is 33.2 Å². The maximum atomic E-state index is 12.0. The van der Waals surface area contributed by atoms with Crippen LogP contribution in [0.2, 0.25) is 0 Å². The minimum Gasteiger partial charge on any atom is -0.394 e. The second kappa shape index (κ2) is 18.9. The number of hydrogen-bond acceptors (Lipinski definition) is 19. The Morgan fingerprint density at radius 1 is 0.672 bits per heavy atom. The molecular formula is C45H76O19. The summed E-state index contributed by atoms with van der Waals surface area (Å²) in [5.74, 6) is 0.0265. The lowest BCUT2D eigenvalue weighted by Crippen LogP contribution is -2.65. The normalized spacial score (nSPS) is 56.8. The number of ether oxygens (including phenoxy) is 7. The summed E-state index contributed by atoms with van der Waals surface area (Å²) in [5.41, 5.74) is -0.229. The van der Waals surface area contributed by atoms with Gasteiger partial charge in [0.25, 0.3) is 0 Å². The van der Waals surface area contributed by atoms with Gasteiger partial charge in [0.15, 0.2) is 24.7 Å². The smallest absolute Gasteiger partial charge is 0.187 e. The molecule has 4 saturated heterocycles. The van der Waals surface area contributed by atoms with E-state index in [0.29, 0.717) is 43.4 Å². The molecular weight excluding hydrogens is 844 g/mol. The largest absolute Gasteiger partial charge is 0.394 e. The molecule has 19 nitrogen and oxygen atoms in total. The average Bonchev–Trinajstić information content (AvgIpc) is 3.70. The first-order chi connectivity index (χ1) is 30.2. The van der Waals surface area contributed by atoms with Gasteiger partial charge in [0.05, 0.1) is 44.2 Å². The Morgan fingerprint density at radius 2 is 1.31 bits per heavy atom. The van der Waals surface area contributed by atoms with Crippen molar-refractivity contribution in [1.82, 2.24) is 0 Å². The van der Waals surface area contributed by atoms with E-state index in [1.165, 1.54) is 6.92 Å². The summed E-state index contributed by atoms with van der Waals surface area (Å²) < 4.78 is 41.4. The number of fused-ring (bicyclic) bond motifs is 7. The van der Waals surface area contributed by atoms with Gasteiger partial charge in [-0.15, -0.1) is 0 Å². The lowest BCUT2D eigenvalue weighted by atomic mass is 9.44. The molecule has 4 heterocycles. The molecule has 4 saturated carbocycles. The van der Waals surface area contributed by atoms with Crippen molar-refractivity contribution in [3.05, 3.63) is 0 Å². The van der Waals surface area contributed by atoms with Crippen LogP contribution < -0.4 is 0 Å². The minimum absolute atomic E-state index is 0.0453.